The maximum Gasteiger partial charge on any atom is 0.261 e. The van der Waals surface area contributed by atoms with Gasteiger partial charge in [0.1, 0.15) is 6.67 Å². The summed E-state index contributed by atoms with van der Waals surface area (Å²) in [5.41, 5.74) is 7.72. The molecule has 0 saturated carbocycles. The smallest absolute Gasteiger partial charge is 0.261 e. The van der Waals surface area contributed by atoms with Crippen molar-refractivity contribution in [3.63, 3.8) is 0 Å². The van der Waals surface area contributed by atoms with Crippen LogP contribution in [0.1, 0.15) is 27.8 Å². The lowest BCUT2D eigenvalue weighted by Gasteiger charge is -2.33. The monoisotopic (exact) mass is 419 g/mol. The highest BCUT2D eigenvalue weighted by Crippen LogP contribution is 2.39. The highest BCUT2D eigenvalue weighted by atomic mass is 32.2. The van der Waals surface area contributed by atoms with Gasteiger partial charge < -0.3 is 4.90 Å². The van der Waals surface area contributed by atoms with Crippen LogP contribution in [0.4, 0.5) is 11.4 Å². The van der Waals surface area contributed by atoms with Crippen molar-refractivity contribution in [1.82, 2.24) is 4.41 Å². The Morgan fingerprint density at radius 1 is 0.700 bits per heavy atom. The molecule has 0 saturated heterocycles. The lowest BCUT2D eigenvalue weighted by Crippen LogP contribution is -2.48. The molecule has 0 N–H and O–H groups in total. The molecular formula is C24H25N3O2S. The summed E-state index contributed by atoms with van der Waals surface area (Å²) in [5, 5.41) is 1.94. The maximum atomic E-state index is 13.7. The average Bonchev–Trinajstić information content (AvgIpc) is 2.95. The molecule has 30 heavy (non-hydrogen) atoms. The molecule has 2 bridgehead atoms. The fourth-order valence-electron chi connectivity index (χ4n) is 4.36. The number of anilines is 2. The Balaban J connectivity index is 1.70. The number of fused-ring (bicyclic) bond motifs is 7. The third-order valence-corrected chi connectivity index (χ3v) is 7.66. The van der Waals surface area contributed by atoms with Gasteiger partial charge in [0.15, 0.2) is 0 Å². The first kappa shape index (κ1) is 19.2. The summed E-state index contributed by atoms with van der Waals surface area (Å²) in [6.07, 6.45) is 0. The van der Waals surface area contributed by atoms with Gasteiger partial charge in [-0.15, -0.1) is 0 Å². The number of nitrogens with zero attached hydrogens (tertiary/aromatic N) is 3. The molecule has 2 heterocycles. The Morgan fingerprint density at radius 3 is 1.93 bits per heavy atom. The van der Waals surface area contributed by atoms with Gasteiger partial charge >= 0.3 is 0 Å². The topological polar surface area (TPSA) is 43.9 Å². The van der Waals surface area contributed by atoms with Gasteiger partial charge in [-0.3, -0.25) is 5.01 Å². The molecule has 2 aliphatic heterocycles. The fourth-order valence-corrected chi connectivity index (χ4v) is 5.78. The summed E-state index contributed by atoms with van der Waals surface area (Å²) in [4.78, 5) is 2.49. The first-order valence-electron chi connectivity index (χ1n) is 10.1. The molecule has 3 aromatic carbocycles. The summed E-state index contributed by atoms with van der Waals surface area (Å²) < 4.78 is 29.0. The van der Waals surface area contributed by atoms with Crippen LogP contribution >= 0.6 is 0 Å². The van der Waals surface area contributed by atoms with Crippen LogP contribution < -0.4 is 9.91 Å². The molecule has 2 aliphatic rings. The van der Waals surface area contributed by atoms with E-state index in [4.69, 9.17) is 0 Å². The van der Waals surface area contributed by atoms with Gasteiger partial charge in [-0.2, -0.15) is 0 Å². The van der Waals surface area contributed by atoms with Crippen LogP contribution in [0.3, 0.4) is 0 Å². The minimum absolute atomic E-state index is 0.278. The third kappa shape index (κ3) is 3.07. The van der Waals surface area contributed by atoms with Crippen molar-refractivity contribution in [2.45, 2.75) is 38.8 Å². The van der Waals surface area contributed by atoms with Gasteiger partial charge in [0, 0.05) is 12.2 Å². The molecule has 0 aromatic heterocycles. The van der Waals surface area contributed by atoms with Crippen molar-refractivity contribution < 1.29 is 8.42 Å². The molecule has 0 atom stereocenters. The van der Waals surface area contributed by atoms with Crippen LogP contribution in [0.15, 0.2) is 65.6 Å². The third-order valence-electron chi connectivity index (χ3n) is 5.93. The van der Waals surface area contributed by atoms with E-state index in [9.17, 15) is 8.42 Å². The highest BCUT2D eigenvalue weighted by molar-refractivity contribution is 7.89. The van der Waals surface area contributed by atoms with E-state index >= 15 is 0 Å². The van der Waals surface area contributed by atoms with Crippen LogP contribution in [0.2, 0.25) is 0 Å². The van der Waals surface area contributed by atoms with Crippen LogP contribution in [0.5, 0.6) is 0 Å². The lowest BCUT2D eigenvalue weighted by molar-refractivity contribution is 0.390. The second-order valence-electron chi connectivity index (χ2n) is 8.30. The highest BCUT2D eigenvalue weighted by Gasteiger charge is 2.38. The summed E-state index contributed by atoms with van der Waals surface area (Å²) >= 11 is 0. The summed E-state index contributed by atoms with van der Waals surface area (Å²) in [6.45, 7) is 7.56. The zero-order valence-electron chi connectivity index (χ0n) is 17.5. The Hall–Kier alpha value is -2.83. The SMILES string of the molecule is Cc1ccc(S(=O)(=O)N2CN3Cc4cc(C)ccc4N2Cc2cc(C)ccc23)cc1. The van der Waals surface area contributed by atoms with Crippen molar-refractivity contribution >= 4 is 21.4 Å². The van der Waals surface area contributed by atoms with Gasteiger partial charge in [-0.05, 0) is 56.2 Å². The standard InChI is InChI=1S/C24H25N3O2S/c1-17-4-8-22(9-5-17)30(28,29)27-16-25-14-20-12-19(3)7-11-24(20)26(27)15-21-13-18(2)6-10-23(21)25/h4-13H,14-16H2,1-3H3. The molecule has 5 rings (SSSR count). The first-order chi connectivity index (χ1) is 14.3. The Kier molecular flexibility index (Phi) is 4.38. The molecule has 0 amide bonds. The zero-order chi connectivity index (χ0) is 21.0. The van der Waals surface area contributed by atoms with E-state index in [0.717, 1.165) is 28.1 Å². The Bertz CT molecular complexity index is 1240. The van der Waals surface area contributed by atoms with Gasteiger partial charge in [-0.25, -0.2) is 8.42 Å². The Morgan fingerprint density at radius 2 is 1.27 bits per heavy atom. The summed E-state index contributed by atoms with van der Waals surface area (Å²) in [7, 11) is -3.72. The maximum absolute atomic E-state index is 13.7. The van der Waals surface area contributed by atoms with Crippen LogP contribution in [0, 0.1) is 20.8 Å². The summed E-state index contributed by atoms with van der Waals surface area (Å²) in [5.74, 6) is 0. The number of hydrogen-bond acceptors (Lipinski definition) is 4. The average molecular weight is 420 g/mol. The predicted octanol–water partition coefficient (Wildman–Crippen LogP) is 4.52. The van der Waals surface area contributed by atoms with Crippen LogP contribution in [-0.2, 0) is 23.1 Å². The fraction of sp³-hybridized carbons (Fsp3) is 0.250. The molecule has 0 radical (unpaired) electrons. The number of rotatable bonds is 2. The minimum atomic E-state index is -3.72. The van der Waals surface area contributed by atoms with Crippen LogP contribution in [0.25, 0.3) is 0 Å². The van der Waals surface area contributed by atoms with E-state index in [0.29, 0.717) is 18.0 Å². The van der Waals surface area contributed by atoms with Crippen LogP contribution in [-0.4, -0.2) is 19.5 Å². The largest absolute Gasteiger partial charge is 0.351 e. The van der Waals surface area contributed by atoms with E-state index in [1.54, 1.807) is 12.1 Å². The number of aryl methyl sites for hydroxylation is 3. The van der Waals surface area contributed by atoms with E-state index in [1.165, 1.54) is 15.5 Å². The van der Waals surface area contributed by atoms with Crippen molar-refractivity contribution in [3.05, 3.63) is 88.5 Å². The number of sulfonamides is 1. The first-order valence-corrected chi connectivity index (χ1v) is 11.6. The lowest BCUT2D eigenvalue weighted by atomic mass is 10.0. The molecule has 154 valence electrons. The molecule has 0 unspecified atom stereocenters. The van der Waals surface area contributed by atoms with Crippen molar-refractivity contribution in [1.29, 1.82) is 0 Å². The number of hydrazine groups is 1. The van der Waals surface area contributed by atoms with E-state index < -0.39 is 10.0 Å². The normalized spacial score (nSPS) is 16.1. The predicted molar refractivity (Wildman–Crippen MR) is 120 cm³/mol. The van der Waals surface area contributed by atoms with Gasteiger partial charge in [0.05, 0.1) is 17.1 Å². The van der Waals surface area contributed by atoms with Gasteiger partial charge in [-0.1, -0.05) is 57.5 Å². The van der Waals surface area contributed by atoms with Crippen molar-refractivity contribution in [2.24, 2.45) is 0 Å². The molecule has 0 aliphatic carbocycles. The number of hydrogen-bond donors (Lipinski definition) is 0. The van der Waals surface area contributed by atoms with Crippen molar-refractivity contribution in [2.75, 3.05) is 16.6 Å². The molecule has 5 nitrogen and oxygen atoms in total. The number of benzene rings is 3. The Labute approximate surface area is 178 Å². The zero-order valence-corrected chi connectivity index (χ0v) is 18.3. The van der Waals surface area contributed by atoms with Gasteiger partial charge in [0.2, 0.25) is 0 Å². The second kappa shape index (κ2) is 6.86. The second-order valence-corrected chi connectivity index (χ2v) is 10.1. The minimum Gasteiger partial charge on any atom is -0.351 e. The quantitative estimate of drug-likeness (QED) is 0.613. The molecule has 0 spiro atoms. The van der Waals surface area contributed by atoms with E-state index in [2.05, 4.69) is 49.1 Å². The summed E-state index contributed by atoms with van der Waals surface area (Å²) in [6, 6.07) is 19.7. The molecule has 0 fully saturated rings. The van der Waals surface area contributed by atoms with Crippen molar-refractivity contribution in [3.8, 4) is 0 Å². The molecular weight excluding hydrogens is 394 g/mol. The van der Waals surface area contributed by atoms with E-state index in [1.807, 2.05) is 30.1 Å². The van der Waals surface area contributed by atoms with Gasteiger partial charge in [0.25, 0.3) is 10.0 Å². The molecule has 3 aromatic rings. The van der Waals surface area contributed by atoms with E-state index in [-0.39, 0.29) is 6.67 Å². The molecule has 6 heteroatoms.